The molecule has 0 unspecified atom stereocenters. The first kappa shape index (κ1) is 27.5. The summed E-state index contributed by atoms with van der Waals surface area (Å²) in [5, 5.41) is 0.678. The quantitative estimate of drug-likeness (QED) is 0.436. The molecule has 1 fully saturated rings. The summed E-state index contributed by atoms with van der Waals surface area (Å²) >= 11 is 6.07. The maximum Gasteiger partial charge on any atom is 0.257 e. The van der Waals surface area contributed by atoms with Crippen LogP contribution in [0, 0.1) is 0 Å². The number of nitrogens with zero attached hydrogens (tertiary/aromatic N) is 2. The smallest absolute Gasteiger partial charge is 0.257 e. The summed E-state index contributed by atoms with van der Waals surface area (Å²) < 4.78 is 6.66. The molecule has 5 nitrogen and oxygen atoms in total. The van der Waals surface area contributed by atoms with Crippen molar-refractivity contribution < 1.29 is 14.3 Å². The molecule has 2 aliphatic rings. The van der Waals surface area contributed by atoms with Crippen LogP contribution in [-0.2, 0) is 11.2 Å². The van der Waals surface area contributed by atoms with E-state index < -0.39 is 0 Å². The number of carbonyl (C=O) groups is 2. The molecule has 2 aromatic carbocycles. The normalized spacial score (nSPS) is 21.7. The number of hydrogen-bond acceptors (Lipinski definition) is 3. The van der Waals surface area contributed by atoms with E-state index in [2.05, 4.69) is 11.8 Å². The van der Waals surface area contributed by atoms with Gasteiger partial charge in [0.25, 0.3) is 5.91 Å². The van der Waals surface area contributed by atoms with Gasteiger partial charge in [-0.2, -0.15) is 0 Å². The van der Waals surface area contributed by atoms with Gasteiger partial charge in [0.1, 0.15) is 11.9 Å². The van der Waals surface area contributed by atoms with Gasteiger partial charge in [0.15, 0.2) is 0 Å². The molecule has 2 aromatic rings. The maximum absolute atomic E-state index is 13.7. The van der Waals surface area contributed by atoms with Crippen molar-refractivity contribution in [1.29, 1.82) is 0 Å². The van der Waals surface area contributed by atoms with E-state index in [1.54, 1.807) is 0 Å². The number of fused-ring (bicyclic) bond motifs is 2. The number of benzene rings is 2. The Bertz CT molecular complexity index is 1030. The topological polar surface area (TPSA) is 49.9 Å². The summed E-state index contributed by atoms with van der Waals surface area (Å²) in [6.07, 6.45) is 10.4. The highest BCUT2D eigenvalue weighted by molar-refractivity contribution is 6.30. The monoisotopic (exact) mass is 524 g/mol. The Kier molecular flexibility index (Phi) is 10.3. The molecule has 1 saturated carbocycles. The lowest BCUT2D eigenvalue weighted by atomic mass is 9.90. The zero-order chi connectivity index (χ0) is 26.0. The summed E-state index contributed by atoms with van der Waals surface area (Å²) in [5.74, 6) is 0.839. The molecule has 0 radical (unpaired) electrons. The number of amides is 2. The van der Waals surface area contributed by atoms with Crippen LogP contribution in [0.4, 0.5) is 0 Å². The van der Waals surface area contributed by atoms with Gasteiger partial charge >= 0.3 is 0 Å². The van der Waals surface area contributed by atoms with Crippen LogP contribution >= 0.6 is 11.6 Å². The SMILES string of the molecule is CCCN1CCCCCCCN(C(=O)Cc2ccc(Cl)cc2)[C@@H]2CCCC[C@@H]2Oc2ccccc2C1=O. The van der Waals surface area contributed by atoms with Crippen LogP contribution in [0.5, 0.6) is 5.75 Å². The van der Waals surface area contributed by atoms with Gasteiger partial charge in [0.2, 0.25) is 5.91 Å². The molecular weight excluding hydrogens is 484 g/mol. The molecular formula is C31H41ClN2O3. The second-order valence-corrected chi connectivity index (χ2v) is 10.9. The molecule has 0 spiro atoms. The van der Waals surface area contributed by atoms with Crippen molar-refractivity contribution in [3.8, 4) is 5.75 Å². The molecule has 37 heavy (non-hydrogen) atoms. The Morgan fingerprint density at radius 1 is 0.919 bits per heavy atom. The van der Waals surface area contributed by atoms with Crippen molar-refractivity contribution in [2.24, 2.45) is 0 Å². The summed E-state index contributed by atoms with van der Waals surface area (Å²) in [6, 6.07) is 15.2. The van der Waals surface area contributed by atoms with Crippen LogP contribution in [0.3, 0.4) is 0 Å². The van der Waals surface area contributed by atoms with Crippen molar-refractivity contribution in [2.75, 3.05) is 19.6 Å². The van der Waals surface area contributed by atoms with Crippen molar-refractivity contribution >= 4 is 23.4 Å². The first-order valence-electron chi connectivity index (χ1n) is 14.2. The Hall–Kier alpha value is -2.53. The first-order chi connectivity index (χ1) is 18.1. The Morgan fingerprint density at radius 3 is 2.41 bits per heavy atom. The minimum Gasteiger partial charge on any atom is -0.487 e. The number of carbonyl (C=O) groups excluding carboxylic acids is 2. The zero-order valence-electron chi connectivity index (χ0n) is 22.2. The number of para-hydroxylation sites is 1. The third kappa shape index (κ3) is 7.50. The van der Waals surface area contributed by atoms with Gasteiger partial charge < -0.3 is 14.5 Å². The van der Waals surface area contributed by atoms with Crippen LogP contribution in [0.25, 0.3) is 0 Å². The highest BCUT2D eigenvalue weighted by Gasteiger charge is 2.35. The fourth-order valence-electron chi connectivity index (χ4n) is 5.70. The summed E-state index contributed by atoms with van der Waals surface area (Å²) in [6.45, 7) is 4.40. The molecule has 0 aromatic heterocycles. The van der Waals surface area contributed by atoms with E-state index in [-0.39, 0.29) is 24.0 Å². The van der Waals surface area contributed by atoms with E-state index in [0.29, 0.717) is 22.8 Å². The third-order valence-corrected chi connectivity index (χ3v) is 7.91. The molecule has 4 rings (SSSR count). The zero-order valence-corrected chi connectivity index (χ0v) is 22.9. The fourth-order valence-corrected chi connectivity index (χ4v) is 5.83. The van der Waals surface area contributed by atoms with Crippen LogP contribution in [-0.4, -0.2) is 53.4 Å². The molecule has 200 valence electrons. The van der Waals surface area contributed by atoms with Crippen LogP contribution in [0.15, 0.2) is 48.5 Å². The lowest BCUT2D eigenvalue weighted by Gasteiger charge is -2.40. The van der Waals surface area contributed by atoms with Gasteiger partial charge in [-0.05, 0) is 68.4 Å². The fraction of sp³-hybridized carbons (Fsp3) is 0.548. The van der Waals surface area contributed by atoms with Crippen molar-refractivity contribution in [1.82, 2.24) is 9.80 Å². The predicted molar refractivity (Wildman–Crippen MR) is 149 cm³/mol. The maximum atomic E-state index is 13.7. The minimum absolute atomic E-state index is 0.00795. The molecule has 6 heteroatoms. The minimum atomic E-state index is -0.123. The molecule has 1 aliphatic heterocycles. The second-order valence-electron chi connectivity index (χ2n) is 10.5. The predicted octanol–water partition coefficient (Wildman–Crippen LogP) is 6.92. The van der Waals surface area contributed by atoms with Gasteiger partial charge in [-0.3, -0.25) is 9.59 Å². The highest BCUT2D eigenvalue weighted by atomic mass is 35.5. The number of ether oxygens (including phenoxy) is 1. The third-order valence-electron chi connectivity index (χ3n) is 7.66. The van der Waals surface area contributed by atoms with Gasteiger partial charge in [0.05, 0.1) is 18.0 Å². The summed E-state index contributed by atoms with van der Waals surface area (Å²) in [4.78, 5) is 31.4. The number of rotatable bonds is 4. The second kappa shape index (κ2) is 13.9. The molecule has 0 N–H and O–H groups in total. The molecule has 2 amide bonds. The average Bonchev–Trinajstić information content (AvgIpc) is 2.91. The summed E-state index contributed by atoms with van der Waals surface area (Å²) in [7, 11) is 0. The van der Waals surface area contributed by atoms with Gasteiger partial charge in [-0.15, -0.1) is 0 Å². The molecule has 1 heterocycles. The average molecular weight is 525 g/mol. The lowest BCUT2D eigenvalue weighted by Crippen LogP contribution is -2.51. The number of hydrogen-bond donors (Lipinski definition) is 0. The van der Waals surface area contributed by atoms with E-state index >= 15 is 0 Å². The Morgan fingerprint density at radius 2 is 1.62 bits per heavy atom. The number of halogens is 1. The van der Waals surface area contributed by atoms with Gasteiger partial charge in [0, 0.05) is 24.7 Å². The van der Waals surface area contributed by atoms with E-state index in [4.69, 9.17) is 16.3 Å². The first-order valence-corrected chi connectivity index (χ1v) is 14.5. The van der Waals surface area contributed by atoms with Crippen LogP contribution in [0.1, 0.15) is 87.1 Å². The highest BCUT2D eigenvalue weighted by Crippen LogP contribution is 2.31. The molecule has 0 saturated heterocycles. The van der Waals surface area contributed by atoms with E-state index in [1.165, 1.54) is 0 Å². The standard InChI is InChI=1S/C31H41ClN2O3/c1-2-20-33-21-10-4-3-5-11-22-34(30(35)23-24-16-18-25(32)19-17-24)27-13-7-9-15-29(27)37-28-14-8-6-12-26(28)31(33)36/h6,8,12,14,16-19,27,29H,2-5,7,9-11,13,15,20-23H2,1H3/t27-,29+/m1/s1. The molecule has 1 aliphatic carbocycles. The van der Waals surface area contributed by atoms with E-state index in [9.17, 15) is 9.59 Å². The van der Waals surface area contributed by atoms with Crippen molar-refractivity contribution in [3.63, 3.8) is 0 Å². The summed E-state index contributed by atoms with van der Waals surface area (Å²) in [5.41, 5.74) is 1.61. The van der Waals surface area contributed by atoms with Crippen LogP contribution in [0.2, 0.25) is 5.02 Å². The Labute approximate surface area is 227 Å². The Balaban J connectivity index is 1.62. The molecule has 2 atom stereocenters. The van der Waals surface area contributed by atoms with Gasteiger partial charge in [-0.1, -0.05) is 68.5 Å². The van der Waals surface area contributed by atoms with Crippen molar-refractivity contribution in [3.05, 3.63) is 64.7 Å². The molecule has 0 bridgehead atoms. The van der Waals surface area contributed by atoms with E-state index in [1.807, 2.05) is 53.4 Å². The van der Waals surface area contributed by atoms with Crippen molar-refractivity contribution in [2.45, 2.75) is 89.7 Å². The van der Waals surface area contributed by atoms with Crippen LogP contribution < -0.4 is 4.74 Å². The largest absolute Gasteiger partial charge is 0.487 e. The van der Waals surface area contributed by atoms with Gasteiger partial charge in [-0.25, -0.2) is 0 Å². The van der Waals surface area contributed by atoms with E-state index in [0.717, 1.165) is 89.4 Å². The lowest BCUT2D eigenvalue weighted by molar-refractivity contribution is -0.136.